The molecule has 4 rings (SSSR count). The van der Waals surface area contributed by atoms with Crippen molar-refractivity contribution in [2.45, 2.75) is 31.8 Å². The van der Waals surface area contributed by atoms with Crippen molar-refractivity contribution in [3.05, 3.63) is 60.2 Å². The Balaban J connectivity index is 1.75. The molecule has 2 aliphatic rings. The van der Waals surface area contributed by atoms with E-state index in [-0.39, 0.29) is 17.9 Å². The van der Waals surface area contributed by atoms with Crippen molar-refractivity contribution in [2.24, 2.45) is 5.92 Å². The second-order valence-electron chi connectivity index (χ2n) is 6.22. The number of hydrogen-bond acceptors (Lipinski definition) is 2. The molecule has 0 bridgehead atoms. The predicted octanol–water partition coefficient (Wildman–Crippen LogP) is 3.81. The van der Waals surface area contributed by atoms with Crippen molar-refractivity contribution < 1.29 is 4.79 Å². The van der Waals surface area contributed by atoms with E-state index in [9.17, 15) is 4.79 Å². The summed E-state index contributed by atoms with van der Waals surface area (Å²) in [6.07, 6.45) is 3.22. The Morgan fingerprint density at radius 3 is 2.64 bits per heavy atom. The molecular formula is C19H20N2O. The lowest BCUT2D eigenvalue weighted by Crippen LogP contribution is -2.38. The largest absolute Gasteiger partial charge is 0.380 e. The maximum absolute atomic E-state index is 13.1. The van der Waals surface area contributed by atoms with Crippen LogP contribution in [0.3, 0.4) is 0 Å². The summed E-state index contributed by atoms with van der Waals surface area (Å²) in [5, 5.41) is 3.61. The van der Waals surface area contributed by atoms with Crippen LogP contribution in [0, 0.1) is 5.92 Å². The normalized spacial score (nSPS) is 23.5. The van der Waals surface area contributed by atoms with E-state index in [2.05, 4.69) is 23.5 Å². The van der Waals surface area contributed by atoms with Crippen LogP contribution >= 0.6 is 0 Å². The van der Waals surface area contributed by atoms with Gasteiger partial charge in [-0.25, -0.2) is 0 Å². The maximum atomic E-state index is 13.1. The summed E-state index contributed by atoms with van der Waals surface area (Å²) in [6, 6.07) is 18.7. The second-order valence-corrected chi connectivity index (χ2v) is 6.22. The molecule has 1 heterocycles. The van der Waals surface area contributed by atoms with Gasteiger partial charge in [-0.1, -0.05) is 48.9 Å². The van der Waals surface area contributed by atoms with Gasteiger partial charge in [-0.2, -0.15) is 0 Å². The van der Waals surface area contributed by atoms with E-state index < -0.39 is 0 Å². The zero-order valence-corrected chi connectivity index (χ0v) is 12.5. The first kappa shape index (κ1) is 13.4. The topological polar surface area (TPSA) is 32.3 Å². The molecule has 2 unspecified atom stereocenters. The van der Waals surface area contributed by atoms with E-state index in [4.69, 9.17) is 0 Å². The summed E-state index contributed by atoms with van der Waals surface area (Å²) >= 11 is 0. The average molecular weight is 292 g/mol. The highest BCUT2D eigenvalue weighted by atomic mass is 16.2. The van der Waals surface area contributed by atoms with E-state index in [0.717, 1.165) is 30.6 Å². The standard InChI is InChI=1S/C19H20N2O/c22-19-15-9-6-11-16(15)20-17-10-4-5-12-18(17)21(19)13-14-7-2-1-3-8-14/h1-5,7-8,10,12,15-16,20H,6,9,11,13H2. The summed E-state index contributed by atoms with van der Waals surface area (Å²) in [4.78, 5) is 15.0. The van der Waals surface area contributed by atoms with Gasteiger partial charge in [-0.3, -0.25) is 4.79 Å². The third kappa shape index (κ3) is 2.27. The molecule has 1 saturated carbocycles. The number of amides is 1. The number of anilines is 2. The lowest BCUT2D eigenvalue weighted by Gasteiger charge is -2.25. The molecule has 1 aliphatic carbocycles. The number of hydrogen-bond donors (Lipinski definition) is 1. The number of rotatable bonds is 2. The molecule has 0 aromatic heterocycles. The maximum Gasteiger partial charge on any atom is 0.232 e. The minimum atomic E-state index is 0.108. The zero-order valence-electron chi connectivity index (χ0n) is 12.5. The van der Waals surface area contributed by atoms with Crippen molar-refractivity contribution in [2.75, 3.05) is 10.2 Å². The highest BCUT2D eigenvalue weighted by molar-refractivity contribution is 6.00. The van der Waals surface area contributed by atoms with Gasteiger partial charge in [0, 0.05) is 6.04 Å². The number of carbonyl (C=O) groups is 1. The van der Waals surface area contributed by atoms with Gasteiger partial charge in [0.1, 0.15) is 0 Å². The van der Waals surface area contributed by atoms with Crippen LogP contribution in [0.4, 0.5) is 11.4 Å². The van der Waals surface area contributed by atoms with Gasteiger partial charge in [0.25, 0.3) is 0 Å². The SMILES string of the molecule is O=C1C2CCCC2Nc2ccccc2N1Cc1ccccc1. The number of nitrogens with one attached hydrogen (secondary N) is 1. The Hall–Kier alpha value is -2.29. The number of para-hydroxylation sites is 2. The summed E-state index contributed by atoms with van der Waals surface area (Å²) in [5.74, 6) is 0.375. The first-order valence-electron chi connectivity index (χ1n) is 8.04. The summed E-state index contributed by atoms with van der Waals surface area (Å²) < 4.78 is 0. The van der Waals surface area contributed by atoms with Gasteiger partial charge in [0.2, 0.25) is 5.91 Å². The molecule has 3 nitrogen and oxygen atoms in total. The zero-order chi connectivity index (χ0) is 14.9. The number of benzene rings is 2. The fourth-order valence-corrected chi connectivity index (χ4v) is 3.71. The highest BCUT2D eigenvalue weighted by Crippen LogP contribution is 2.39. The van der Waals surface area contributed by atoms with Gasteiger partial charge in [0.15, 0.2) is 0 Å². The molecule has 0 saturated heterocycles. The summed E-state index contributed by atoms with van der Waals surface area (Å²) in [7, 11) is 0. The minimum Gasteiger partial charge on any atom is -0.380 e. The summed E-state index contributed by atoms with van der Waals surface area (Å²) in [6.45, 7) is 0.640. The molecule has 112 valence electrons. The van der Waals surface area contributed by atoms with Gasteiger partial charge < -0.3 is 10.2 Å². The van der Waals surface area contributed by atoms with Gasteiger partial charge >= 0.3 is 0 Å². The molecule has 1 N–H and O–H groups in total. The van der Waals surface area contributed by atoms with E-state index in [1.807, 2.05) is 41.3 Å². The van der Waals surface area contributed by atoms with Gasteiger partial charge in [-0.05, 0) is 30.5 Å². The van der Waals surface area contributed by atoms with E-state index in [1.54, 1.807) is 0 Å². The highest BCUT2D eigenvalue weighted by Gasteiger charge is 2.39. The van der Waals surface area contributed by atoms with Gasteiger partial charge in [-0.15, -0.1) is 0 Å². The smallest absolute Gasteiger partial charge is 0.232 e. The van der Waals surface area contributed by atoms with Crippen LogP contribution in [0.5, 0.6) is 0 Å². The number of nitrogens with zero attached hydrogens (tertiary/aromatic N) is 1. The van der Waals surface area contributed by atoms with Crippen molar-refractivity contribution >= 4 is 17.3 Å². The number of carbonyl (C=O) groups excluding carboxylic acids is 1. The molecule has 2 aromatic carbocycles. The van der Waals surface area contributed by atoms with E-state index in [1.165, 1.54) is 5.56 Å². The molecule has 0 radical (unpaired) electrons. The Labute approximate surface area is 131 Å². The van der Waals surface area contributed by atoms with E-state index in [0.29, 0.717) is 6.54 Å². The lowest BCUT2D eigenvalue weighted by molar-refractivity contribution is -0.122. The fraction of sp³-hybridized carbons (Fsp3) is 0.316. The average Bonchev–Trinajstić information content (AvgIpc) is 2.98. The Kier molecular flexibility index (Phi) is 3.34. The molecule has 2 atom stereocenters. The van der Waals surface area contributed by atoms with Crippen LogP contribution in [0.15, 0.2) is 54.6 Å². The van der Waals surface area contributed by atoms with Crippen LogP contribution in [0.2, 0.25) is 0 Å². The van der Waals surface area contributed by atoms with Crippen molar-refractivity contribution in [1.82, 2.24) is 0 Å². The Morgan fingerprint density at radius 2 is 1.77 bits per heavy atom. The monoisotopic (exact) mass is 292 g/mol. The molecule has 22 heavy (non-hydrogen) atoms. The molecule has 3 heteroatoms. The fourth-order valence-electron chi connectivity index (χ4n) is 3.71. The van der Waals surface area contributed by atoms with E-state index >= 15 is 0 Å². The molecule has 1 aliphatic heterocycles. The first-order valence-corrected chi connectivity index (χ1v) is 8.04. The Bertz CT molecular complexity index is 683. The predicted molar refractivity (Wildman–Crippen MR) is 88.8 cm³/mol. The van der Waals surface area contributed by atoms with Crippen LogP contribution in [-0.4, -0.2) is 11.9 Å². The Morgan fingerprint density at radius 1 is 1.00 bits per heavy atom. The van der Waals surface area contributed by atoms with Gasteiger partial charge in [0.05, 0.1) is 23.8 Å². The van der Waals surface area contributed by atoms with Crippen molar-refractivity contribution in [1.29, 1.82) is 0 Å². The van der Waals surface area contributed by atoms with Crippen molar-refractivity contribution in [3.63, 3.8) is 0 Å². The molecule has 1 amide bonds. The lowest BCUT2D eigenvalue weighted by atomic mass is 10.0. The van der Waals surface area contributed by atoms with Crippen LogP contribution in [-0.2, 0) is 11.3 Å². The second kappa shape index (κ2) is 5.48. The third-order valence-electron chi connectivity index (χ3n) is 4.82. The van der Waals surface area contributed by atoms with Crippen LogP contribution in [0.1, 0.15) is 24.8 Å². The molecule has 1 fully saturated rings. The molecule has 0 spiro atoms. The molecule has 2 aromatic rings. The molecular weight excluding hydrogens is 272 g/mol. The first-order chi connectivity index (χ1) is 10.8. The summed E-state index contributed by atoms with van der Waals surface area (Å²) in [5.41, 5.74) is 3.26. The quantitative estimate of drug-likeness (QED) is 0.912. The number of fused-ring (bicyclic) bond motifs is 2. The third-order valence-corrected chi connectivity index (χ3v) is 4.82. The van der Waals surface area contributed by atoms with Crippen molar-refractivity contribution in [3.8, 4) is 0 Å². The minimum absolute atomic E-state index is 0.108. The van der Waals surface area contributed by atoms with Crippen LogP contribution in [0.25, 0.3) is 0 Å². The van der Waals surface area contributed by atoms with Crippen LogP contribution < -0.4 is 10.2 Å².